The van der Waals surface area contributed by atoms with Crippen molar-refractivity contribution in [3.05, 3.63) is 48.0 Å². The molecule has 1 unspecified atom stereocenters. The van der Waals surface area contributed by atoms with Crippen LogP contribution in [-0.4, -0.2) is 24.9 Å². The van der Waals surface area contributed by atoms with Gasteiger partial charge < -0.3 is 4.90 Å². The topological polar surface area (TPSA) is 20.3 Å². The highest BCUT2D eigenvalue weighted by atomic mass is 35.5. The Morgan fingerprint density at radius 1 is 1.12 bits per heavy atom. The summed E-state index contributed by atoms with van der Waals surface area (Å²) in [6.45, 7) is 0. The van der Waals surface area contributed by atoms with E-state index in [1.807, 2.05) is 42.5 Å². The van der Waals surface area contributed by atoms with Crippen molar-refractivity contribution in [2.75, 3.05) is 14.1 Å². The van der Waals surface area contributed by atoms with Crippen molar-refractivity contribution in [1.82, 2.24) is 4.90 Å². The third kappa shape index (κ3) is 2.27. The van der Waals surface area contributed by atoms with Crippen LogP contribution >= 0.6 is 11.6 Å². The Morgan fingerprint density at radius 3 is 2.47 bits per heavy atom. The van der Waals surface area contributed by atoms with Crippen molar-refractivity contribution in [2.24, 2.45) is 0 Å². The molecule has 17 heavy (non-hydrogen) atoms. The Kier molecular flexibility index (Phi) is 3.34. The zero-order valence-corrected chi connectivity index (χ0v) is 10.6. The van der Waals surface area contributed by atoms with Crippen LogP contribution < -0.4 is 0 Å². The normalized spacial score (nSPS) is 12.4. The van der Waals surface area contributed by atoms with Gasteiger partial charge in [0.1, 0.15) is 5.38 Å². The van der Waals surface area contributed by atoms with Crippen LogP contribution in [-0.2, 0) is 4.79 Å². The van der Waals surface area contributed by atoms with Gasteiger partial charge in [-0.05, 0) is 16.3 Å². The maximum absolute atomic E-state index is 11.9. The third-order valence-electron chi connectivity index (χ3n) is 2.75. The van der Waals surface area contributed by atoms with Crippen LogP contribution in [0, 0.1) is 0 Å². The molecule has 0 aromatic heterocycles. The number of carbonyl (C=O) groups excluding carboxylic acids is 1. The number of alkyl halides is 1. The van der Waals surface area contributed by atoms with Crippen LogP contribution in [0.25, 0.3) is 10.8 Å². The van der Waals surface area contributed by atoms with Gasteiger partial charge in [0.15, 0.2) is 0 Å². The van der Waals surface area contributed by atoms with Crippen LogP contribution in [0.3, 0.4) is 0 Å². The largest absolute Gasteiger partial charge is 0.347 e. The molecule has 0 bridgehead atoms. The lowest BCUT2D eigenvalue weighted by molar-refractivity contribution is -0.128. The summed E-state index contributed by atoms with van der Waals surface area (Å²) in [6, 6.07) is 13.8. The Labute approximate surface area is 106 Å². The number of carbonyl (C=O) groups is 1. The van der Waals surface area contributed by atoms with Crippen molar-refractivity contribution in [1.29, 1.82) is 0 Å². The van der Waals surface area contributed by atoms with E-state index in [0.717, 1.165) is 16.3 Å². The second kappa shape index (κ2) is 4.76. The monoisotopic (exact) mass is 247 g/mol. The van der Waals surface area contributed by atoms with Crippen molar-refractivity contribution in [2.45, 2.75) is 5.38 Å². The van der Waals surface area contributed by atoms with E-state index in [1.165, 1.54) is 4.90 Å². The molecular weight excluding hydrogens is 234 g/mol. The number of benzene rings is 2. The predicted octanol–water partition coefficient (Wildman–Crippen LogP) is 3.21. The summed E-state index contributed by atoms with van der Waals surface area (Å²) < 4.78 is 0. The molecule has 0 heterocycles. The number of nitrogens with zero attached hydrogens (tertiary/aromatic N) is 1. The molecule has 2 nitrogen and oxygen atoms in total. The molecule has 1 amide bonds. The highest BCUT2D eigenvalue weighted by Gasteiger charge is 2.20. The molecule has 0 aliphatic rings. The molecule has 88 valence electrons. The number of likely N-dealkylation sites (N-methyl/N-ethyl adjacent to an activating group) is 1. The summed E-state index contributed by atoms with van der Waals surface area (Å²) >= 11 is 6.24. The van der Waals surface area contributed by atoms with Gasteiger partial charge >= 0.3 is 0 Å². The predicted molar refractivity (Wildman–Crippen MR) is 71.2 cm³/mol. The molecule has 2 aromatic rings. The number of rotatable bonds is 2. The zero-order chi connectivity index (χ0) is 12.4. The fourth-order valence-corrected chi connectivity index (χ4v) is 2.22. The number of hydrogen-bond donors (Lipinski definition) is 0. The van der Waals surface area contributed by atoms with Crippen molar-refractivity contribution in [3.8, 4) is 0 Å². The van der Waals surface area contributed by atoms with E-state index in [1.54, 1.807) is 14.1 Å². The molecule has 0 N–H and O–H groups in total. The lowest BCUT2D eigenvalue weighted by Gasteiger charge is -2.16. The smallest absolute Gasteiger partial charge is 0.244 e. The van der Waals surface area contributed by atoms with Gasteiger partial charge in [0.25, 0.3) is 0 Å². The molecule has 0 aliphatic carbocycles. The highest BCUT2D eigenvalue weighted by Crippen LogP contribution is 2.29. The van der Waals surface area contributed by atoms with Gasteiger partial charge in [0.05, 0.1) is 0 Å². The average molecular weight is 248 g/mol. The van der Waals surface area contributed by atoms with Gasteiger partial charge in [-0.3, -0.25) is 4.79 Å². The van der Waals surface area contributed by atoms with Crippen molar-refractivity contribution < 1.29 is 4.79 Å². The quantitative estimate of drug-likeness (QED) is 0.747. The van der Waals surface area contributed by atoms with Crippen LogP contribution in [0.1, 0.15) is 10.9 Å². The molecule has 0 aliphatic heterocycles. The van der Waals surface area contributed by atoms with Crippen LogP contribution in [0.4, 0.5) is 0 Å². The number of fused-ring (bicyclic) bond motifs is 1. The fraction of sp³-hybridized carbons (Fsp3) is 0.214. The standard InChI is InChI=1S/C14H14ClNO/c1-16(2)14(17)13(15)12-9-5-7-10-6-3-4-8-11(10)12/h3-9,13H,1-2H3. The molecule has 1 atom stereocenters. The second-order valence-corrected chi connectivity index (χ2v) is 4.60. The first-order chi connectivity index (χ1) is 8.11. The SMILES string of the molecule is CN(C)C(=O)C(Cl)c1cccc2ccccc12. The van der Waals surface area contributed by atoms with Crippen molar-refractivity contribution >= 4 is 28.3 Å². The van der Waals surface area contributed by atoms with E-state index < -0.39 is 5.38 Å². The lowest BCUT2D eigenvalue weighted by atomic mass is 10.0. The summed E-state index contributed by atoms with van der Waals surface area (Å²) in [7, 11) is 3.42. The molecule has 0 saturated heterocycles. The third-order valence-corrected chi connectivity index (χ3v) is 3.18. The maximum atomic E-state index is 11.9. The van der Waals surface area contributed by atoms with E-state index in [-0.39, 0.29) is 5.91 Å². The van der Waals surface area contributed by atoms with Crippen LogP contribution in [0.2, 0.25) is 0 Å². The van der Waals surface area contributed by atoms with Crippen LogP contribution in [0.15, 0.2) is 42.5 Å². The van der Waals surface area contributed by atoms with Gasteiger partial charge in [0.2, 0.25) is 5.91 Å². The summed E-state index contributed by atoms with van der Waals surface area (Å²) in [5.41, 5.74) is 0.864. The minimum atomic E-state index is -0.629. The lowest BCUT2D eigenvalue weighted by Crippen LogP contribution is -2.25. The van der Waals surface area contributed by atoms with Gasteiger partial charge in [-0.1, -0.05) is 42.5 Å². The van der Waals surface area contributed by atoms with E-state index >= 15 is 0 Å². The summed E-state index contributed by atoms with van der Waals surface area (Å²) in [5, 5.41) is 1.50. The molecule has 0 fully saturated rings. The number of halogens is 1. The first-order valence-corrected chi connectivity index (χ1v) is 5.88. The minimum Gasteiger partial charge on any atom is -0.347 e. The van der Waals surface area contributed by atoms with Gasteiger partial charge in [-0.25, -0.2) is 0 Å². The maximum Gasteiger partial charge on any atom is 0.244 e. The molecule has 2 rings (SSSR count). The van der Waals surface area contributed by atoms with Crippen molar-refractivity contribution in [3.63, 3.8) is 0 Å². The molecular formula is C14H14ClNO. The molecule has 2 aromatic carbocycles. The van der Waals surface area contributed by atoms with E-state index in [9.17, 15) is 4.79 Å². The second-order valence-electron chi connectivity index (χ2n) is 4.16. The van der Waals surface area contributed by atoms with Gasteiger partial charge in [-0.15, -0.1) is 11.6 Å². The Hall–Kier alpha value is -1.54. The highest BCUT2D eigenvalue weighted by molar-refractivity contribution is 6.31. The van der Waals surface area contributed by atoms with E-state index in [0.29, 0.717) is 0 Å². The van der Waals surface area contributed by atoms with Crippen LogP contribution in [0.5, 0.6) is 0 Å². The zero-order valence-electron chi connectivity index (χ0n) is 9.85. The first kappa shape index (κ1) is 11.9. The van der Waals surface area contributed by atoms with E-state index in [2.05, 4.69) is 0 Å². The summed E-state index contributed by atoms with van der Waals surface area (Å²) in [5.74, 6) is -0.0944. The Balaban J connectivity index is 2.52. The minimum absolute atomic E-state index is 0.0944. The Bertz CT molecular complexity index is 545. The fourth-order valence-electron chi connectivity index (χ4n) is 1.83. The summed E-state index contributed by atoms with van der Waals surface area (Å²) in [6.07, 6.45) is 0. The van der Waals surface area contributed by atoms with Gasteiger partial charge in [-0.2, -0.15) is 0 Å². The first-order valence-electron chi connectivity index (χ1n) is 5.44. The number of amides is 1. The molecule has 3 heteroatoms. The molecule has 0 radical (unpaired) electrons. The number of hydrogen-bond acceptors (Lipinski definition) is 1. The Morgan fingerprint density at radius 2 is 1.76 bits per heavy atom. The summed E-state index contributed by atoms with van der Waals surface area (Å²) in [4.78, 5) is 13.4. The van der Waals surface area contributed by atoms with Gasteiger partial charge in [0, 0.05) is 14.1 Å². The van der Waals surface area contributed by atoms with E-state index in [4.69, 9.17) is 11.6 Å². The molecule has 0 spiro atoms. The molecule has 0 saturated carbocycles. The average Bonchev–Trinajstić information content (AvgIpc) is 2.36.